The van der Waals surface area contributed by atoms with Crippen LogP contribution in [0, 0.1) is 12.8 Å². The van der Waals surface area contributed by atoms with Crippen LogP contribution < -0.4 is 10.6 Å². The summed E-state index contributed by atoms with van der Waals surface area (Å²) < 4.78 is 2.00. The van der Waals surface area contributed by atoms with Gasteiger partial charge in [0, 0.05) is 20.1 Å². The van der Waals surface area contributed by atoms with E-state index in [0.717, 1.165) is 43.0 Å². The van der Waals surface area contributed by atoms with Gasteiger partial charge >= 0.3 is 0 Å². The van der Waals surface area contributed by atoms with Crippen molar-refractivity contribution in [3.63, 3.8) is 0 Å². The topological polar surface area (TPSA) is 67.1 Å². The second-order valence-corrected chi connectivity index (χ2v) is 8.22. The Hall–Kier alpha value is -1.24. The SMILES string of the molecule is CSCCCNC(=NCc1nnc(C)n1C)NCCCC1CCCCC1. The number of aliphatic imine (C=N–C) groups is 1. The van der Waals surface area contributed by atoms with Crippen molar-refractivity contribution in [1.29, 1.82) is 0 Å². The molecule has 1 saturated carbocycles. The molecular weight excluding hydrogens is 344 g/mol. The first-order valence-electron chi connectivity index (χ1n) is 10.1. The molecule has 1 aromatic heterocycles. The number of aromatic nitrogens is 3. The van der Waals surface area contributed by atoms with Crippen LogP contribution in [0.15, 0.2) is 4.99 Å². The van der Waals surface area contributed by atoms with Gasteiger partial charge in [-0.2, -0.15) is 11.8 Å². The van der Waals surface area contributed by atoms with Crippen molar-refractivity contribution in [2.75, 3.05) is 25.1 Å². The molecule has 0 aliphatic heterocycles. The third-order valence-electron chi connectivity index (χ3n) is 5.19. The Balaban J connectivity index is 1.77. The van der Waals surface area contributed by atoms with E-state index in [-0.39, 0.29) is 0 Å². The van der Waals surface area contributed by atoms with Crippen LogP contribution in [0.4, 0.5) is 0 Å². The molecule has 0 saturated heterocycles. The van der Waals surface area contributed by atoms with E-state index in [0.29, 0.717) is 6.54 Å². The summed E-state index contributed by atoms with van der Waals surface area (Å²) >= 11 is 1.88. The van der Waals surface area contributed by atoms with Crippen LogP contribution in [0.1, 0.15) is 63.0 Å². The lowest BCUT2D eigenvalue weighted by Gasteiger charge is -2.21. The number of aryl methyl sites for hydroxylation is 1. The summed E-state index contributed by atoms with van der Waals surface area (Å²) in [5.41, 5.74) is 0. The Morgan fingerprint density at radius 2 is 1.88 bits per heavy atom. The molecule has 1 fully saturated rings. The van der Waals surface area contributed by atoms with Gasteiger partial charge in [0.25, 0.3) is 0 Å². The molecule has 0 unspecified atom stereocenters. The molecule has 1 heterocycles. The smallest absolute Gasteiger partial charge is 0.191 e. The normalized spacial score (nSPS) is 16.0. The molecule has 0 atom stereocenters. The summed E-state index contributed by atoms with van der Waals surface area (Å²) in [5.74, 6) is 4.84. The summed E-state index contributed by atoms with van der Waals surface area (Å²) in [6, 6.07) is 0. The minimum atomic E-state index is 0.553. The van der Waals surface area contributed by atoms with E-state index in [4.69, 9.17) is 4.99 Å². The van der Waals surface area contributed by atoms with Crippen LogP contribution >= 0.6 is 11.8 Å². The molecular formula is C19H36N6S. The minimum Gasteiger partial charge on any atom is -0.356 e. The Bertz CT molecular complexity index is 536. The number of thioether (sulfide) groups is 1. The van der Waals surface area contributed by atoms with E-state index in [2.05, 4.69) is 27.1 Å². The minimum absolute atomic E-state index is 0.553. The van der Waals surface area contributed by atoms with Crippen LogP contribution in [0.2, 0.25) is 0 Å². The quantitative estimate of drug-likeness (QED) is 0.370. The summed E-state index contributed by atoms with van der Waals surface area (Å²) in [6.07, 6.45) is 13.0. The number of rotatable bonds is 10. The molecule has 2 rings (SSSR count). The summed E-state index contributed by atoms with van der Waals surface area (Å²) in [4.78, 5) is 4.71. The maximum Gasteiger partial charge on any atom is 0.191 e. The molecule has 0 spiro atoms. The number of nitrogens with one attached hydrogen (secondary N) is 2. The predicted octanol–water partition coefficient (Wildman–Crippen LogP) is 3.27. The van der Waals surface area contributed by atoms with E-state index in [1.807, 2.05) is 30.3 Å². The van der Waals surface area contributed by atoms with Gasteiger partial charge in [0.2, 0.25) is 0 Å². The largest absolute Gasteiger partial charge is 0.356 e. The van der Waals surface area contributed by atoms with Gasteiger partial charge in [0.05, 0.1) is 0 Å². The van der Waals surface area contributed by atoms with E-state index in [1.54, 1.807) is 0 Å². The van der Waals surface area contributed by atoms with Gasteiger partial charge in [0.15, 0.2) is 11.8 Å². The highest BCUT2D eigenvalue weighted by atomic mass is 32.2. The third kappa shape index (κ3) is 7.56. The predicted molar refractivity (Wildman–Crippen MR) is 112 cm³/mol. The number of guanidine groups is 1. The van der Waals surface area contributed by atoms with Crippen molar-refractivity contribution >= 4 is 17.7 Å². The van der Waals surface area contributed by atoms with Crippen molar-refractivity contribution in [2.45, 2.75) is 64.8 Å². The van der Waals surface area contributed by atoms with Crippen LogP contribution in [0.25, 0.3) is 0 Å². The first-order chi connectivity index (χ1) is 12.7. The molecule has 2 N–H and O–H groups in total. The van der Waals surface area contributed by atoms with Gasteiger partial charge in [-0.3, -0.25) is 0 Å². The van der Waals surface area contributed by atoms with Crippen LogP contribution in [-0.4, -0.2) is 45.8 Å². The molecule has 26 heavy (non-hydrogen) atoms. The average Bonchev–Trinajstić information content (AvgIpc) is 2.98. The van der Waals surface area contributed by atoms with Crippen molar-refractivity contribution in [2.24, 2.45) is 18.0 Å². The second-order valence-electron chi connectivity index (χ2n) is 7.23. The molecule has 1 aliphatic rings. The number of hydrogen-bond acceptors (Lipinski definition) is 4. The van der Waals surface area contributed by atoms with Gasteiger partial charge in [-0.05, 0) is 44.1 Å². The zero-order chi connectivity index (χ0) is 18.6. The van der Waals surface area contributed by atoms with E-state index in [1.165, 1.54) is 50.7 Å². The lowest BCUT2D eigenvalue weighted by Crippen LogP contribution is -2.38. The zero-order valence-electron chi connectivity index (χ0n) is 16.8. The molecule has 0 amide bonds. The van der Waals surface area contributed by atoms with E-state index >= 15 is 0 Å². The van der Waals surface area contributed by atoms with Crippen molar-refractivity contribution < 1.29 is 0 Å². The zero-order valence-corrected chi connectivity index (χ0v) is 17.6. The Labute approximate surface area is 163 Å². The first kappa shape index (κ1) is 21.1. The molecule has 1 aliphatic carbocycles. The second kappa shape index (κ2) is 12.2. The van der Waals surface area contributed by atoms with Gasteiger partial charge in [0.1, 0.15) is 12.4 Å². The molecule has 0 bridgehead atoms. The summed E-state index contributed by atoms with van der Waals surface area (Å²) in [7, 11) is 1.99. The number of hydrogen-bond donors (Lipinski definition) is 2. The molecule has 7 heteroatoms. The fourth-order valence-electron chi connectivity index (χ4n) is 3.41. The van der Waals surface area contributed by atoms with Gasteiger partial charge < -0.3 is 15.2 Å². The lowest BCUT2D eigenvalue weighted by atomic mass is 9.86. The standard InChI is InChI=1S/C19H36N6S/c1-16-23-24-18(25(16)2)15-22-19(21-13-8-14-26-3)20-12-7-11-17-9-5-4-6-10-17/h17H,4-15H2,1-3H3,(H2,20,21,22). The van der Waals surface area contributed by atoms with Gasteiger partial charge in [-0.1, -0.05) is 32.1 Å². The molecule has 0 radical (unpaired) electrons. The van der Waals surface area contributed by atoms with Crippen LogP contribution in [-0.2, 0) is 13.6 Å². The highest BCUT2D eigenvalue weighted by molar-refractivity contribution is 7.98. The molecule has 6 nitrogen and oxygen atoms in total. The van der Waals surface area contributed by atoms with Crippen molar-refractivity contribution in [3.8, 4) is 0 Å². The Kier molecular flexibility index (Phi) is 9.89. The first-order valence-corrected chi connectivity index (χ1v) is 11.5. The Morgan fingerprint density at radius 1 is 1.15 bits per heavy atom. The van der Waals surface area contributed by atoms with E-state index < -0.39 is 0 Å². The summed E-state index contributed by atoms with van der Waals surface area (Å²) in [5, 5.41) is 15.3. The maximum absolute atomic E-state index is 4.71. The van der Waals surface area contributed by atoms with Crippen molar-refractivity contribution in [1.82, 2.24) is 25.4 Å². The maximum atomic E-state index is 4.71. The Morgan fingerprint density at radius 3 is 2.54 bits per heavy atom. The average molecular weight is 381 g/mol. The van der Waals surface area contributed by atoms with Crippen LogP contribution in [0.5, 0.6) is 0 Å². The highest BCUT2D eigenvalue weighted by Crippen LogP contribution is 2.26. The van der Waals surface area contributed by atoms with Gasteiger partial charge in [-0.25, -0.2) is 4.99 Å². The summed E-state index contributed by atoms with van der Waals surface area (Å²) in [6.45, 7) is 4.46. The lowest BCUT2D eigenvalue weighted by molar-refractivity contribution is 0.332. The fraction of sp³-hybridized carbons (Fsp3) is 0.842. The highest BCUT2D eigenvalue weighted by Gasteiger charge is 2.12. The molecule has 148 valence electrons. The fourth-order valence-corrected chi connectivity index (χ4v) is 3.84. The molecule has 0 aromatic carbocycles. The number of nitrogens with zero attached hydrogens (tertiary/aromatic N) is 4. The van der Waals surface area contributed by atoms with Crippen molar-refractivity contribution in [3.05, 3.63) is 11.6 Å². The van der Waals surface area contributed by atoms with Crippen LogP contribution in [0.3, 0.4) is 0 Å². The van der Waals surface area contributed by atoms with Gasteiger partial charge in [-0.15, -0.1) is 10.2 Å². The third-order valence-corrected chi connectivity index (χ3v) is 5.88. The monoisotopic (exact) mass is 380 g/mol. The van der Waals surface area contributed by atoms with E-state index in [9.17, 15) is 0 Å². The molecule has 1 aromatic rings.